The van der Waals surface area contributed by atoms with Crippen LogP contribution < -0.4 is 10.6 Å². The van der Waals surface area contributed by atoms with Crippen LogP contribution in [0.4, 0.5) is 13.2 Å². The summed E-state index contributed by atoms with van der Waals surface area (Å²) in [6.45, 7) is 6.65. The standard InChI is InChI=1S/C14H21F3N2O/c1-12(2)6-4-7-13(3)9(12)5-8-18-10(13)19-11(20)14(15,16)17/h5,10,18H,4,6-8H2,1-3H3,(H,19,20)/t10?,13-/m0/s1. The van der Waals surface area contributed by atoms with Crippen LogP contribution in [0.1, 0.15) is 40.0 Å². The summed E-state index contributed by atoms with van der Waals surface area (Å²) in [4.78, 5) is 11.2. The molecule has 3 nitrogen and oxygen atoms in total. The molecule has 0 aromatic carbocycles. The van der Waals surface area contributed by atoms with Gasteiger partial charge in [0, 0.05) is 12.0 Å². The summed E-state index contributed by atoms with van der Waals surface area (Å²) < 4.78 is 37.4. The zero-order chi connectivity index (χ0) is 15.2. The summed E-state index contributed by atoms with van der Waals surface area (Å²) in [6.07, 6.45) is -0.706. The van der Waals surface area contributed by atoms with Crippen LogP contribution in [-0.2, 0) is 4.79 Å². The molecule has 0 aromatic heterocycles. The van der Waals surface area contributed by atoms with E-state index in [1.54, 1.807) is 0 Å². The zero-order valence-electron chi connectivity index (χ0n) is 12.0. The van der Waals surface area contributed by atoms with Gasteiger partial charge in [0.1, 0.15) is 0 Å². The fourth-order valence-electron chi connectivity index (χ4n) is 3.68. The third-order valence-corrected chi connectivity index (χ3v) is 4.64. The largest absolute Gasteiger partial charge is 0.471 e. The van der Waals surface area contributed by atoms with Crippen molar-refractivity contribution in [2.45, 2.75) is 52.4 Å². The Bertz CT molecular complexity index is 442. The van der Waals surface area contributed by atoms with Gasteiger partial charge >= 0.3 is 12.1 Å². The van der Waals surface area contributed by atoms with Crippen molar-refractivity contribution in [2.75, 3.05) is 6.54 Å². The lowest BCUT2D eigenvalue weighted by atomic mass is 9.58. The molecule has 2 atom stereocenters. The second-order valence-corrected chi connectivity index (χ2v) is 6.59. The van der Waals surface area contributed by atoms with E-state index in [9.17, 15) is 18.0 Å². The van der Waals surface area contributed by atoms with Gasteiger partial charge in [0.15, 0.2) is 0 Å². The molecule has 1 saturated carbocycles. The molecule has 2 N–H and O–H groups in total. The first-order valence-electron chi connectivity index (χ1n) is 6.89. The van der Waals surface area contributed by atoms with Crippen molar-refractivity contribution < 1.29 is 18.0 Å². The van der Waals surface area contributed by atoms with Gasteiger partial charge in [-0.2, -0.15) is 13.2 Å². The van der Waals surface area contributed by atoms with Crippen molar-refractivity contribution in [1.29, 1.82) is 0 Å². The summed E-state index contributed by atoms with van der Waals surface area (Å²) in [5.41, 5.74) is 0.666. The van der Waals surface area contributed by atoms with Crippen LogP contribution in [0.2, 0.25) is 0 Å². The minimum absolute atomic E-state index is 0.0314. The van der Waals surface area contributed by atoms with Crippen molar-refractivity contribution in [1.82, 2.24) is 10.6 Å². The summed E-state index contributed by atoms with van der Waals surface area (Å²) in [6, 6.07) is 0. The first-order chi connectivity index (χ1) is 9.07. The van der Waals surface area contributed by atoms with Gasteiger partial charge in [0.05, 0.1) is 6.17 Å². The number of fused-ring (bicyclic) bond motifs is 1. The number of carbonyl (C=O) groups is 1. The van der Waals surface area contributed by atoms with Crippen LogP contribution in [0.25, 0.3) is 0 Å². The smallest absolute Gasteiger partial charge is 0.332 e. The lowest BCUT2D eigenvalue weighted by Gasteiger charge is -2.52. The van der Waals surface area contributed by atoms with Crippen LogP contribution in [-0.4, -0.2) is 24.8 Å². The maximum atomic E-state index is 12.5. The average molecular weight is 290 g/mol. The maximum absolute atomic E-state index is 12.5. The molecular formula is C14H21F3N2O. The van der Waals surface area contributed by atoms with E-state index in [2.05, 4.69) is 30.6 Å². The van der Waals surface area contributed by atoms with E-state index < -0.39 is 23.7 Å². The van der Waals surface area contributed by atoms with Crippen molar-refractivity contribution in [3.8, 4) is 0 Å². The topological polar surface area (TPSA) is 41.1 Å². The molecule has 1 aliphatic carbocycles. The van der Waals surface area contributed by atoms with Gasteiger partial charge in [0.2, 0.25) is 0 Å². The van der Waals surface area contributed by atoms with Crippen molar-refractivity contribution in [3.63, 3.8) is 0 Å². The number of rotatable bonds is 1. The van der Waals surface area contributed by atoms with E-state index in [0.717, 1.165) is 24.8 Å². The monoisotopic (exact) mass is 290 g/mol. The highest BCUT2D eigenvalue weighted by molar-refractivity contribution is 5.82. The van der Waals surface area contributed by atoms with Crippen LogP contribution in [0.5, 0.6) is 0 Å². The summed E-state index contributed by atoms with van der Waals surface area (Å²) in [5, 5.41) is 5.11. The number of halogens is 3. The Hall–Kier alpha value is -1.04. The van der Waals surface area contributed by atoms with Gasteiger partial charge < -0.3 is 5.32 Å². The molecular weight excluding hydrogens is 269 g/mol. The third kappa shape index (κ3) is 2.57. The fourth-order valence-corrected chi connectivity index (χ4v) is 3.68. The van der Waals surface area contributed by atoms with Crippen LogP contribution in [0.3, 0.4) is 0 Å². The van der Waals surface area contributed by atoms with Crippen molar-refractivity contribution in [3.05, 3.63) is 11.6 Å². The van der Waals surface area contributed by atoms with Gasteiger partial charge in [-0.05, 0) is 18.3 Å². The predicted molar refractivity (Wildman–Crippen MR) is 69.8 cm³/mol. The molecule has 6 heteroatoms. The minimum atomic E-state index is -4.84. The third-order valence-electron chi connectivity index (χ3n) is 4.64. The Morgan fingerprint density at radius 1 is 1.35 bits per heavy atom. The van der Waals surface area contributed by atoms with Gasteiger partial charge in [-0.15, -0.1) is 0 Å². The second kappa shape index (κ2) is 4.76. The van der Waals surface area contributed by atoms with Gasteiger partial charge in [-0.1, -0.05) is 38.8 Å². The molecule has 2 rings (SSSR count). The number of hydrogen-bond acceptors (Lipinski definition) is 2. The summed E-state index contributed by atoms with van der Waals surface area (Å²) in [5.74, 6) is -1.87. The number of hydrogen-bond donors (Lipinski definition) is 2. The van der Waals surface area contributed by atoms with Crippen LogP contribution >= 0.6 is 0 Å². The number of alkyl halides is 3. The SMILES string of the molecule is CC1(C)CCC[C@@]2(C)C1=CCNC2NC(=O)C(F)(F)F. The Labute approximate surface area is 117 Å². The fraction of sp³-hybridized carbons (Fsp3) is 0.786. The normalized spacial score (nSPS) is 33.1. The molecule has 0 bridgehead atoms. The van der Waals surface area contributed by atoms with Gasteiger partial charge in [-0.25, -0.2) is 0 Å². The molecule has 1 amide bonds. The molecule has 1 unspecified atom stereocenters. The zero-order valence-corrected chi connectivity index (χ0v) is 12.0. The summed E-state index contributed by atoms with van der Waals surface area (Å²) >= 11 is 0. The number of amides is 1. The Morgan fingerprint density at radius 2 is 2.00 bits per heavy atom. The molecule has 1 heterocycles. The van der Waals surface area contributed by atoms with E-state index in [1.165, 1.54) is 0 Å². The predicted octanol–water partition coefficient (Wildman–Crippen LogP) is 2.74. The van der Waals surface area contributed by atoms with E-state index in [0.29, 0.717) is 6.54 Å². The second-order valence-electron chi connectivity index (χ2n) is 6.59. The van der Waals surface area contributed by atoms with Crippen molar-refractivity contribution in [2.24, 2.45) is 10.8 Å². The summed E-state index contributed by atoms with van der Waals surface area (Å²) in [7, 11) is 0. The first-order valence-corrected chi connectivity index (χ1v) is 6.89. The number of nitrogens with one attached hydrogen (secondary N) is 2. The van der Waals surface area contributed by atoms with Crippen LogP contribution in [0.15, 0.2) is 11.6 Å². The Kier molecular flexibility index (Phi) is 3.65. The van der Waals surface area contributed by atoms with Crippen molar-refractivity contribution >= 4 is 5.91 Å². The molecule has 114 valence electrons. The lowest BCUT2D eigenvalue weighted by molar-refractivity contribution is -0.175. The van der Waals surface area contributed by atoms with E-state index >= 15 is 0 Å². The highest BCUT2D eigenvalue weighted by Gasteiger charge is 2.50. The molecule has 0 saturated heterocycles. The van der Waals surface area contributed by atoms with Crippen LogP contribution in [0, 0.1) is 10.8 Å². The molecule has 0 aromatic rings. The highest BCUT2D eigenvalue weighted by atomic mass is 19.4. The molecule has 1 fully saturated rings. The lowest BCUT2D eigenvalue weighted by Crippen LogP contribution is -2.62. The quantitative estimate of drug-likeness (QED) is 0.729. The first kappa shape index (κ1) is 15.4. The molecule has 20 heavy (non-hydrogen) atoms. The van der Waals surface area contributed by atoms with E-state index in [-0.39, 0.29) is 5.41 Å². The molecule has 2 aliphatic rings. The highest BCUT2D eigenvalue weighted by Crippen LogP contribution is 2.52. The van der Waals surface area contributed by atoms with E-state index in [1.807, 2.05) is 6.92 Å². The minimum Gasteiger partial charge on any atom is -0.332 e. The van der Waals surface area contributed by atoms with Gasteiger partial charge in [-0.3, -0.25) is 10.1 Å². The average Bonchev–Trinajstić information content (AvgIpc) is 2.29. The Balaban J connectivity index is 2.25. The molecule has 1 aliphatic heterocycles. The van der Waals surface area contributed by atoms with E-state index in [4.69, 9.17) is 0 Å². The molecule has 0 radical (unpaired) electrons. The number of carbonyl (C=O) groups excluding carboxylic acids is 1. The Morgan fingerprint density at radius 3 is 2.60 bits per heavy atom. The van der Waals surface area contributed by atoms with Gasteiger partial charge in [0.25, 0.3) is 0 Å². The molecule has 0 spiro atoms. The maximum Gasteiger partial charge on any atom is 0.471 e.